The van der Waals surface area contributed by atoms with Gasteiger partial charge in [-0.1, -0.05) is 167 Å². The SMILES string of the molecule is CCCCCCCC/C=C\CCCCCCCC(=O)CCCCCCCCCCCCCCCCC. The van der Waals surface area contributed by atoms with E-state index in [1.807, 2.05) is 0 Å². The first-order valence-electron chi connectivity index (χ1n) is 17.0. The minimum Gasteiger partial charge on any atom is -0.300 e. The monoisotopic (exact) mass is 505 g/mol. The van der Waals surface area contributed by atoms with Gasteiger partial charge in [0.05, 0.1) is 0 Å². The van der Waals surface area contributed by atoms with Crippen molar-refractivity contribution in [2.24, 2.45) is 0 Å². The van der Waals surface area contributed by atoms with Crippen LogP contribution in [0.4, 0.5) is 0 Å². The van der Waals surface area contributed by atoms with Crippen LogP contribution >= 0.6 is 0 Å². The Morgan fingerprint density at radius 1 is 0.361 bits per heavy atom. The maximum Gasteiger partial charge on any atom is 0.132 e. The Morgan fingerprint density at radius 2 is 0.611 bits per heavy atom. The third kappa shape index (κ3) is 31.4. The summed E-state index contributed by atoms with van der Waals surface area (Å²) in [4.78, 5) is 12.1. The summed E-state index contributed by atoms with van der Waals surface area (Å²) in [5, 5.41) is 0. The Kier molecular flexibility index (Phi) is 31.9. The molecule has 0 radical (unpaired) electrons. The first kappa shape index (κ1) is 35.4. The molecule has 0 saturated heterocycles. The second kappa shape index (κ2) is 32.4. The normalized spacial score (nSPS) is 11.6. The Hall–Kier alpha value is -0.590. The van der Waals surface area contributed by atoms with Crippen molar-refractivity contribution in [1.29, 1.82) is 0 Å². The molecule has 36 heavy (non-hydrogen) atoms. The van der Waals surface area contributed by atoms with Crippen molar-refractivity contribution in [1.82, 2.24) is 0 Å². The zero-order valence-electron chi connectivity index (χ0n) is 25.3. The summed E-state index contributed by atoms with van der Waals surface area (Å²) in [7, 11) is 0. The molecule has 0 saturated carbocycles. The van der Waals surface area contributed by atoms with Gasteiger partial charge in [0, 0.05) is 12.8 Å². The van der Waals surface area contributed by atoms with Gasteiger partial charge in [-0.15, -0.1) is 0 Å². The van der Waals surface area contributed by atoms with Gasteiger partial charge < -0.3 is 0 Å². The van der Waals surface area contributed by atoms with Gasteiger partial charge in [0.15, 0.2) is 0 Å². The van der Waals surface area contributed by atoms with Gasteiger partial charge in [-0.3, -0.25) is 4.79 Å². The Bertz CT molecular complexity index is 438. The molecular formula is C35H68O. The van der Waals surface area contributed by atoms with Gasteiger partial charge in [-0.2, -0.15) is 0 Å². The van der Waals surface area contributed by atoms with Crippen LogP contribution in [0, 0.1) is 0 Å². The van der Waals surface area contributed by atoms with Crippen LogP contribution in [0.15, 0.2) is 12.2 Å². The number of rotatable bonds is 31. The summed E-state index contributed by atoms with van der Waals surface area (Å²) in [6, 6.07) is 0. The number of hydrogen-bond donors (Lipinski definition) is 0. The number of Topliss-reactive ketones (excluding diaryl/α,β-unsaturated/α-hetero) is 1. The largest absolute Gasteiger partial charge is 0.300 e. The van der Waals surface area contributed by atoms with Gasteiger partial charge in [-0.25, -0.2) is 0 Å². The topological polar surface area (TPSA) is 17.1 Å². The van der Waals surface area contributed by atoms with Crippen LogP contribution in [0.2, 0.25) is 0 Å². The quantitative estimate of drug-likeness (QED) is 0.0677. The molecule has 0 unspecified atom stereocenters. The second-order valence-electron chi connectivity index (χ2n) is 11.6. The van der Waals surface area contributed by atoms with Crippen molar-refractivity contribution in [2.75, 3.05) is 0 Å². The molecule has 0 aromatic carbocycles. The van der Waals surface area contributed by atoms with Gasteiger partial charge in [-0.05, 0) is 38.5 Å². The van der Waals surface area contributed by atoms with Crippen molar-refractivity contribution < 1.29 is 4.79 Å². The lowest BCUT2D eigenvalue weighted by Crippen LogP contribution is -1.97. The van der Waals surface area contributed by atoms with Gasteiger partial charge in [0.1, 0.15) is 5.78 Å². The Morgan fingerprint density at radius 3 is 0.917 bits per heavy atom. The summed E-state index contributed by atoms with van der Waals surface area (Å²) in [6.45, 7) is 4.57. The highest BCUT2D eigenvalue weighted by Crippen LogP contribution is 2.15. The molecule has 0 aliphatic carbocycles. The fourth-order valence-corrected chi connectivity index (χ4v) is 5.21. The molecule has 0 aliphatic heterocycles. The van der Waals surface area contributed by atoms with E-state index in [4.69, 9.17) is 0 Å². The van der Waals surface area contributed by atoms with Crippen LogP contribution in [0.3, 0.4) is 0 Å². The number of allylic oxidation sites excluding steroid dienone is 2. The summed E-state index contributed by atoms with van der Waals surface area (Å²) >= 11 is 0. The number of unbranched alkanes of at least 4 members (excludes halogenated alkanes) is 25. The molecule has 0 N–H and O–H groups in total. The zero-order valence-corrected chi connectivity index (χ0v) is 25.3. The molecular weight excluding hydrogens is 436 g/mol. The van der Waals surface area contributed by atoms with E-state index in [0.29, 0.717) is 5.78 Å². The zero-order chi connectivity index (χ0) is 26.2. The van der Waals surface area contributed by atoms with Crippen molar-refractivity contribution in [3.05, 3.63) is 12.2 Å². The molecule has 0 aromatic heterocycles. The first-order chi connectivity index (χ1) is 17.8. The van der Waals surface area contributed by atoms with Gasteiger partial charge in [0.25, 0.3) is 0 Å². The van der Waals surface area contributed by atoms with Crippen molar-refractivity contribution >= 4 is 5.78 Å². The molecule has 0 aliphatic rings. The highest BCUT2D eigenvalue weighted by molar-refractivity contribution is 5.78. The highest BCUT2D eigenvalue weighted by Gasteiger charge is 2.02. The predicted molar refractivity (Wildman–Crippen MR) is 164 cm³/mol. The summed E-state index contributed by atoms with van der Waals surface area (Å²) in [5.41, 5.74) is 0. The summed E-state index contributed by atoms with van der Waals surface area (Å²) in [6.07, 6.45) is 44.5. The molecule has 214 valence electrons. The van der Waals surface area contributed by atoms with Crippen LogP contribution in [0.5, 0.6) is 0 Å². The van der Waals surface area contributed by atoms with E-state index >= 15 is 0 Å². The molecule has 0 amide bonds. The lowest BCUT2D eigenvalue weighted by Gasteiger charge is -2.04. The molecule has 0 spiro atoms. The molecule has 0 bridgehead atoms. The summed E-state index contributed by atoms with van der Waals surface area (Å²) < 4.78 is 0. The van der Waals surface area contributed by atoms with Crippen LogP contribution < -0.4 is 0 Å². The van der Waals surface area contributed by atoms with Crippen molar-refractivity contribution in [3.8, 4) is 0 Å². The van der Waals surface area contributed by atoms with Crippen LogP contribution in [-0.2, 0) is 4.79 Å². The smallest absolute Gasteiger partial charge is 0.132 e. The summed E-state index contributed by atoms with van der Waals surface area (Å²) in [5.74, 6) is 0.516. The van der Waals surface area contributed by atoms with E-state index < -0.39 is 0 Å². The Labute approximate surface area is 229 Å². The van der Waals surface area contributed by atoms with Gasteiger partial charge in [0.2, 0.25) is 0 Å². The predicted octanol–water partition coefficient (Wildman–Crippen LogP) is 12.9. The number of hydrogen-bond acceptors (Lipinski definition) is 1. The van der Waals surface area contributed by atoms with Crippen molar-refractivity contribution in [2.45, 2.75) is 206 Å². The lowest BCUT2D eigenvalue weighted by molar-refractivity contribution is -0.119. The molecule has 1 heteroatoms. The standard InChI is InChI=1S/C35H68O/c1-3-5-7-9-11-13-15-17-19-21-23-25-27-29-31-33-35(36)34-32-30-28-26-24-22-20-18-16-14-12-10-8-6-4-2/h17,19H,3-16,18,20-34H2,1-2H3/b19-17-. The number of ketones is 1. The number of carbonyl (C=O) groups is 1. The maximum absolute atomic E-state index is 12.1. The first-order valence-corrected chi connectivity index (χ1v) is 17.0. The highest BCUT2D eigenvalue weighted by atomic mass is 16.1. The fraction of sp³-hybridized carbons (Fsp3) is 0.914. The molecule has 0 atom stereocenters. The molecule has 0 heterocycles. The van der Waals surface area contributed by atoms with E-state index in [-0.39, 0.29) is 0 Å². The molecule has 0 aromatic rings. The van der Waals surface area contributed by atoms with Crippen molar-refractivity contribution in [3.63, 3.8) is 0 Å². The molecule has 0 rings (SSSR count). The molecule has 0 fully saturated rings. The van der Waals surface area contributed by atoms with E-state index in [2.05, 4.69) is 26.0 Å². The van der Waals surface area contributed by atoms with E-state index in [0.717, 1.165) is 25.7 Å². The van der Waals surface area contributed by atoms with Crippen LogP contribution in [0.25, 0.3) is 0 Å². The minimum atomic E-state index is 0.516. The third-order valence-electron chi connectivity index (χ3n) is 7.78. The Balaban J connectivity index is 3.19. The van der Waals surface area contributed by atoms with E-state index in [1.54, 1.807) is 0 Å². The second-order valence-corrected chi connectivity index (χ2v) is 11.6. The van der Waals surface area contributed by atoms with Crippen LogP contribution in [0.1, 0.15) is 206 Å². The van der Waals surface area contributed by atoms with E-state index in [1.165, 1.54) is 167 Å². The number of carbonyl (C=O) groups excluding carboxylic acids is 1. The van der Waals surface area contributed by atoms with Gasteiger partial charge >= 0.3 is 0 Å². The minimum absolute atomic E-state index is 0.516. The average molecular weight is 505 g/mol. The fourth-order valence-electron chi connectivity index (χ4n) is 5.21. The average Bonchev–Trinajstić information content (AvgIpc) is 2.88. The van der Waals surface area contributed by atoms with Crippen LogP contribution in [-0.4, -0.2) is 5.78 Å². The third-order valence-corrected chi connectivity index (χ3v) is 7.78. The molecule has 1 nitrogen and oxygen atoms in total. The maximum atomic E-state index is 12.1. The lowest BCUT2D eigenvalue weighted by atomic mass is 10.0. The van der Waals surface area contributed by atoms with E-state index in [9.17, 15) is 4.79 Å².